The van der Waals surface area contributed by atoms with E-state index in [4.69, 9.17) is 18.5 Å². The van der Waals surface area contributed by atoms with Gasteiger partial charge in [0.25, 0.3) is 7.82 Å². The predicted molar refractivity (Wildman–Crippen MR) is 176 cm³/mol. The molecule has 2 atom stereocenters. The fourth-order valence-electron chi connectivity index (χ4n) is 4.70. The van der Waals surface area contributed by atoms with Crippen molar-refractivity contribution in [2.75, 3.05) is 54.1 Å². The van der Waals surface area contributed by atoms with Gasteiger partial charge in [-0.05, 0) is 12.0 Å². The van der Waals surface area contributed by atoms with E-state index in [2.05, 4.69) is 12.2 Å². The average Bonchev–Trinajstić information content (AvgIpc) is 2.97. The van der Waals surface area contributed by atoms with E-state index in [1.165, 1.54) is 89.9 Å². The van der Waals surface area contributed by atoms with Gasteiger partial charge in [-0.15, -0.1) is 0 Å². The van der Waals surface area contributed by atoms with Gasteiger partial charge in [0.1, 0.15) is 25.9 Å². The molecule has 0 aromatic heterocycles. The molecule has 0 aliphatic rings. The zero-order valence-electron chi connectivity index (χ0n) is 28.3. The number of carbonyl (C=O) groups excluding carboxylic acids is 1. The molecule has 10 heteroatoms. The van der Waals surface area contributed by atoms with Crippen LogP contribution in [0.25, 0.3) is 0 Å². The molecule has 0 aliphatic heterocycles. The third kappa shape index (κ3) is 25.8. The van der Waals surface area contributed by atoms with Gasteiger partial charge in [0, 0.05) is 13.2 Å². The number of rotatable bonds is 29. The third-order valence-electron chi connectivity index (χ3n) is 7.42. The first-order valence-electron chi connectivity index (χ1n) is 17.1. The highest BCUT2D eigenvalue weighted by molar-refractivity contribution is 7.45. The standard InChI is InChI=1S/C34H63N2O7P/c1-5-6-7-8-9-10-11-12-13-14-15-16-17-18-19-23-27-40-31-33(43-44(38,39)42-28-26-36(2,3)4)29-35-34(37)41-30-32-24-21-20-22-25-32/h20-22,24-25,33H,5-19,23,26-31H2,1-4H3,(H-,35,37,38,39). The van der Waals surface area contributed by atoms with E-state index in [-0.39, 0.29) is 26.4 Å². The number of likely N-dealkylation sites (N-methyl/N-ethyl adjacent to an activating group) is 1. The maximum atomic E-state index is 12.5. The summed E-state index contributed by atoms with van der Waals surface area (Å²) in [5.74, 6) is 0. The molecular formula is C34H63N2O7P. The lowest BCUT2D eigenvalue weighted by atomic mass is 10.0. The molecule has 0 heterocycles. The monoisotopic (exact) mass is 642 g/mol. The first kappa shape index (κ1) is 40.5. The Bertz CT molecular complexity index is 867. The van der Waals surface area contributed by atoms with Crippen molar-refractivity contribution in [3.63, 3.8) is 0 Å². The van der Waals surface area contributed by atoms with Crippen molar-refractivity contribution < 1.29 is 37.3 Å². The number of nitrogens with zero attached hydrogens (tertiary/aromatic N) is 1. The number of carbonyl (C=O) groups is 1. The molecule has 1 aromatic rings. The molecule has 0 saturated heterocycles. The smallest absolute Gasteiger partial charge is 0.407 e. The Kier molecular flexibility index (Phi) is 23.7. The van der Waals surface area contributed by atoms with Crippen molar-refractivity contribution in [2.24, 2.45) is 0 Å². The minimum atomic E-state index is -4.58. The molecule has 9 nitrogen and oxygen atoms in total. The summed E-state index contributed by atoms with van der Waals surface area (Å²) < 4.78 is 34.3. The number of unbranched alkanes of at least 4 members (excludes halogenated alkanes) is 15. The van der Waals surface area contributed by atoms with Crippen LogP contribution in [0.1, 0.15) is 115 Å². The van der Waals surface area contributed by atoms with E-state index < -0.39 is 20.0 Å². The topological polar surface area (TPSA) is 106 Å². The average molecular weight is 643 g/mol. The van der Waals surface area contributed by atoms with Crippen molar-refractivity contribution in [1.29, 1.82) is 0 Å². The number of nitrogens with one attached hydrogen (secondary N) is 1. The second-order valence-corrected chi connectivity index (χ2v) is 14.2. The van der Waals surface area contributed by atoms with Gasteiger partial charge in [0.2, 0.25) is 0 Å². The van der Waals surface area contributed by atoms with Crippen LogP contribution in [-0.2, 0) is 29.7 Å². The summed E-state index contributed by atoms with van der Waals surface area (Å²) in [5.41, 5.74) is 0.854. The summed E-state index contributed by atoms with van der Waals surface area (Å²) in [6, 6.07) is 9.32. The molecule has 44 heavy (non-hydrogen) atoms. The lowest BCUT2D eigenvalue weighted by Crippen LogP contribution is -2.39. The number of phosphoric acid groups is 1. The fraction of sp³-hybridized carbons (Fsp3) is 0.794. The van der Waals surface area contributed by atoms with Crippen molar-refractivity contribution >= 4 is 13.9 Å². The summed E-state index contributed by atoms with van der Waals surface area (Å²) in [6.07, 6.45) is 19.2. The van der Waals surface area contributed by atoms with Gasteiger partial charge in [0.15, 0.2) is 0 Å². The van der Waals surface area contributed by atoms with E-state index in [1.807, 2.05) is 51.5 Å². The molecule has 0 fully saturated rings. The quantitative estimate of drug-likeness (QED) is 0.0541. The number of quaternary nitrogens is 1. The molecule has 2 unspecified atom stereocenters. The lowest BCUT2D eigenvalue weighted by Gasteiger charge is -2.30. The van der Waals surface area contributed by atoms with Crippen LogP contribution in [0.4, 0.5) is 4.79 Å². The molecule has 1 amide bonds. The second kappa shape index (κ2) is 25.7. The van der Waals surface area contributed by atoms with Crippen molar-refractivity contribution in [2.45, 2.75) is 122 Å². The van der Waals surface area contributed by atoms with Gasteiger partial charge >= 0.3 is 6.09 Å². The highest BCUT2D eigenvalue weighted by Crippen LogP contribution is 2.39. The van der Waals surface area contributed by atoms with E-state index >= 15 is 0 Å². The molecule has 0 saturated carbocycles. The van der Waals surface area contributed by atoms with Crippen molar-refractivity contribution in [3.05, 3.63) is 35.9 Å². The van der Waals surface area contributed by atoms with Gasteiger partial charge in [-0.3, -0.25) is 4.57 Å². The van der Waals surface area contributed by atoms with E-state index in [0.717, 1.165) is 18.4 Å². The fourth-order valence-corrected chi connectivity index (χ4v) is 5.57. The minimum absolute atomic E-state index is 0.00357. The summed E-state index contributed by atoms with van der Waals surface area (Å²) >= 11 is 0. The Morgan fingerprint density at radius 3 is 1.86 bits per heavy atom. The lowest BCUT2D eigenvalue weighted by molar-refractivity contribution is -0.870. The molecule has 1 aromatic carbocycles. The largest absolute Gasteiger partial charge is 0.756 e. The summed E-state index contributed by atoms with van der Waals surface area (Å²) in [4.78, 5) is 24.7. The van der Waals surface area contributed by atoms with Crippen LogP contribution in [0.2, 0.25) is 0 Å². The molecule has 1 rings (SSSR count). The zero-order valence-corrected chi connectivity index (χ0v) is 29.2. The summed E-state index contributed by atoms with van der Waals surface area (Å²) in [6.45, 7) is 3.32. The van der Waals surface area contributed by atoms with Gasteiger partial charge in [0.05, 0.1) is 27.7 Å². The van der Waals surface area contributed by atoms with E-state index in [0.29, 0.717) is 17.6 Å². The second-order valence-electron chi connectivity index (χ2n) is 12.8. The van der Waals surface area contributed by atoms with Gasteiger partial charge in [-0.25, -0.2) is 4.79 Å². The van der Waals surface area contributed by atoms with Crippen LogP contribution in [0.15, 0.2) is 30.3 Å². The molecule has 0 spiro atoms. The number of benzene rings is 1. The van der Waals surface area contributed by atoms with Crippen LogP contribution in [0.3, 0.4) is 0 Å². The van der Waals surface area contributed by atoms with Crippen LogP contribution in [-0.4, -0.2) is 70.7 Å². The first-order valence-corrected chi connectivity index (χ1v) is 18.5. The Morgan fingerprint density at radius 1 is 0.818 bits per heavy atom. The van der Waals surface area contributed by atoms with Gasteiger partial charge in [-0.2, -0.15) is 0 Å². The molecule has 0 radical (unpaired) electrons. The third-order valence-corrected chi connectivity index (χ3v) is 8.48. The molecular weight excluding hydrogens is 579 g/mol. The Balaban J connectivity index is 2.22. The SMILES string of the molecule is CCCCCCCCCCCCCCCCCCOCC(CNC(=O)OCc1ccccc1)OP(=O)([O-])OCC[N+](C)(C)C. The van der Waals surface area contributed by atoms with Crippen molar-refractivity contribution in [3.8, 4) is 0 Å². The zero-order chi connectivity index (χ0) is 32.4. The molecule has 0 bridgehead atoms. The molecule has 256 valence electrons. The highest BCUT2D eigenvalue weighted by Gasteiger charge is 2.21. The van der Waals surface area contributed by atoms with E-state index in [9.17, 15) is 14.3 Å². The Morgan fingerprint density at radius 2 is 1.34 bits per heavy atom. The maximum absolute atomic E-state index is 12.5. The predicted octanol–water partition coefficient (Wildman–Crippen LogP) is 7.77. The number of ether oxygens (including phenoxy) is 2. The van der Waals surface area contributed by atoms with Crippen LogP contribution in [0, 0.1) is 0 Å². The molecule has 1 N–H and O–H groups in total. The van der Waals surface area contributed by atoms with Crippen LogP contribution >= 0.6 is 7.82 Å². The Hall–Kier alpha value is -1.48. The maximum Gasteiger partial charge on any atom is 0.407 e. The molecule has 0 aliphatic carbocycles. The van der Waals surface area contributed by atoms with Crippen LogP contribution in [0.5, 0.6) is 0 Å². The van der Waals surface area contributed by atoms with Crippen LogP contribution < -0.4 is 10.2 Å². The summed E-state index contributed by atoms with van der Waals surface area (Å²) in [7, 11) is 1.25. The van der Waals surface area contributed by atoms with Crippen molar-refractivity contribution in [1.82, 2.24) is 5.32 Å². The normalized spacial score (nSPS) is 13.8. The number of hydrogen-bond donors (Lipinski definition) is 1. The first-order chi connectivity index (χ1) is 21.1. The van der Waals surface area contributed by atoms with Gasteiger partial charge in [-0.1, -0.05) is 134 Å². The number of hydrogen-bond acceptors (Lipinski definition) is 7. The Labute approximate surface area is 268 Å². The number of alkyl carbamates (subject to hydrolysis) is 1. The summed E-state index contributed by atoms with van der Waals surface area (Å²) in [5, 5.41) is 2.58. The number of phosphoric ester groups is 1. The van der Waals surface area contributed by atoms with Gasteiger partial charge < -0.3 is 33.2 Å². The highest BCUT2D eigenvalue weighted by atomic mass is 31.2. The van der Waals surface area contributed by atoms with E-state index in [1.54, 1.807) is 0 Å². The number of amides is 1. The minimum Gasteiger partial charge on any atom is -0.756 e.